The molecule has 0 aliphatic heterocycles. The third-order valence-corrected chi connectivity index (χ3v) is 4.87. The molecule has 0 unspecified atom stereocenters. The van der Waals surface area contributed by atoms with Gasteiger partial charge >= 0.3 is 0 Å². The van der Waals surface area contributed by atoms with E-state index in [4.69, 9.17) is 4.99 Å². The number of rotatable bonds is 5. The van der Waals surface area contributed by atoms with Crippen molar-refractivity contribution in [3.05, 3.63) is 106 Å². The molecule has 0 aliphatic carbocycles. The maximum atomic E-state index is 4.81. The molecule has 3 aromatic rings. The van der Waals surface area contributed by atoms with Crippen LogP contribution in [0.25, 0.3) is 0 Å². The summed E-state index contributed by atoms with van der Waals surface area (Å²) in [6.45, 7) is 2.09. The number of allylic oxidation sites excluding steroid dienone is 1. The number of hydrogen-bond donors (Lipinski definition) is 0. The fraction of sp³-hybridized carbons (Fsp3) is 0.0455. The van der Waals surface area contributed by atoms with Gasteiger partial charge in [0.05, 0.1) is 11.4 Å². The van der Waals surface area contributed by atoms with Crippen LogP contribution in [0, 0.1) is 6.92 Å². The third-order valence-electron chi connectivity index (χ3n) is 3.58. The molecular weight excluding hydrogens is 390 g/mol. The Hall–Kier alpha value is -2.10. The van der Waals surface area contributed by atoms with Crippen molar-refractivity contribution in [3.8, 4) is 0 Å². The normalized spacial score (nSPS) is 11.8. The molecule has 1 nitrogen and oxygen atoms in total. The van der Waals surface area contributed by atoms with Crippen LogP contribution in [0.15, 0.2) is 105 Å². The van der Waals surface area contributed by atoms with Crippen LogP contribution < -0.4 is 0 Å². The van der Waals surface area contributed by atoms with Crippen molar-refractivity contribution < 1.29 is 0 Å². The molecule has 0 aromatic heterocycles. The molecule has 0 radical (unpaired) electrons. The molecule has 0 amide bonds. The Morgan fingerprint density at radius 1 is 0.920 bits per heavy atom. The van der Waals surface area contributed by atoms with E-state index in [0.717, 1.165) is 21.4 Å². The van der Waals surface area contributed by atoms with Gasteiger partial charge in [-0.15, -0.1) is 0 Å². The summed E-state index contributed by atoms with van der Waals surface area (Å²) >= 11 is 5.19. The second-order valence-electron chi connectivity index (χ2n) is 5.58. The van der Waals surface area contributed by atoms with E-state index in [2.05, 4.69) is 70.7 Å². The Morgan fingerprint density at radius 2 is 1.68 bits per heavy atom. The fourth-order valence-corrected chi connectivity index (χ4v) is 3.54. The molecule has 0 saturated heterocycles. The zero-order valence-corrected chi connectivity index (χ0v) is 16.3. The zero-order chi connectivity index (χ0) is 17.5. The highest BCUT2D eigenvalue weighted by Gasteiger charge is 2.01. The average Bonchev–Trinajstić information content (AvgIpc) is 2.63. The minimum Gasteiger partial charge on any atom is -0.248 e. The quantitative estimate of drug-likeness (QED) is 0.322. The fourth-order valence-electron chi connectivity index (χ4n) is 2.28. The molecule has 0 spiro atoms. The van der Waals surface area contributed by atoms with Crippen LogP contribution in [0.3, 0.4) is 0 Å². The number of benzene rings is 3. The smallest absolute Gasteiger partial charge is 0.0714 e. The number of aliphatic imine (C=N–C) groups is 1. The molecule has 3 aromatic carbocycles. The first kappa shape index (κ1) is 17.7. The minimum atomic E-state index is 0.952. The first-order chi connectivity index (χ1) is 12.2. The summed E-state index contributed by atoms with van der Waals surface area (Å²) < 4.78 is 1.09. The van der Waals surface area contributed by atoms with Crippen molar-refractivity contribution in [2.45, 2.75) is 11.8 Å². The molecule has 0 fully saturated rings. The van der Waals surface area contributed by atoms with Crippen molar-refractivity contribution in [1.29, 1.82) is 0 Å². The molecule has 124 valence electrons. The van der Waals surface area contributed by atoms with E-state index >= 15 is 0 Å². The van der Waals surface area contributed by atoms with E-state index in [9.17, 15) is 0 Å². The first-order valence-corrected chi connectivity index (χ1v) is 9.67. The van der Waals surface area contributed by atoms with E-state index < -0.39 is 0 Å². The topological polar surface area (TPSA) is 12.4 Å². The second-order valence-corrected chi connectivity index (χ2v) is 7.47. The summed E-state index contributed by atoms with van der Waals surface area (Å²) in [5.41, 5.74) is 4.26. The molecule has 0 atom stereocenters. The highest BCUT2D eigenvalue weighted by molar-refractivity contribution is 9.10. The number of thioether (sulfide) groups is 1. The van der Waals surface area contributed by atoms with Crippen LogP contribution in [-0.2, 0) is 0 Å². The van der Waals surface area contributed by atoms with Gasteiger partial charge in [-0.1, -0.05) is 81.8 Å². The Labute approximate surface area is 161 Å². The van der Waals surface area contributed by atoms with Crippen LogP contribution in [0.1, 0.15) is 11.1 Å². The van der Waals surface area contributed by atoms with Crippen LogP contribution in [0.4, 0.5) is 5.69 Å². The van der Waals surface area contributed by atoms with Crippen LogP contribution in [0.2, 0.25) is 0 Å². The van der Waals surface area contributed by atoms with Gasteiger partial charge in [-0.3, -0.25) is 0 Å². The minimum absolute atomic E-state index is 0.952. The van der Waals surface area contributed by atoms with Crippen molar-refractivity contribution in [3.63, 3.8) is 0 Å². The van der Waals surface area contributed by atoms with Gasteiger partial charge in [0.2, 0.25) is 0 Å². The molecule has 0 heterocycles. The lowest BCUT2D eigenvalue weighted by Gasteiger charge is -2.04. The molecule has 3 rings (SSSR count). The van der Waals surface area contributed by atoms with E-state index in [0.29, 0.717) is 0 Å². The molecular formula is C22H18BrNS. The molecule has 0 bridgehead atoms. The van der Waals surface area contributed by atoms with Gasteiger partial charge in [0, 0.05) is 14.9 Å². The van der Waals surface area contributed by atoms with Crippen molar-refractivity contribution >= 4 is 39.1 Å². The van der Waals surface area contributed by atoms with Crippen LogP contribution in [0.5, 0.6) is 0 Å². The number of aryl methyl sites for hydroxylation is 1. The van der Waals surface area contributed by atoms with E-state index in [-0.39, 0.29) is 0 Å². The van der Waals surface area contributed by atoms with Crippen molar-refractivity contribution in [2.24, 2.45) is 4.99 Å². The predicted molar refractivity (Wildman–Crippen MR) is 113 cm³/mol. The third kappa shape index (κ3) is 5.45. The lowest BCUT2D eigenvalue weighted by Crippen LogP contribution is -1.96. The number of halogens is 1. The van der Waals surface area contributed by atoms with Gasteiger partial charge in [0.25, 0.3) is 0 Å². The summed E-state index contributed by atoms with van der Waals surface area (Å²) in [4.78, 5) is 6.00. The maximum Gasteiger partial charge on any atom is 0.0714 e. The lowest BCUT2D eigenvalue weighted by atomic mass is 10.1. The highest BCUT2D eigenvalue weighted by Crippen LogP contribution is 2.23. The Balaban J connectivity index is 1.87. The van der Waals surface area contributed by atoms with Gasteiger partial charge in [-0.2, -0.15) is 0 Å². The van der Waals surface area contributed by atoms with Gasteiger partial charge in [0.1, 0.15) is 0 Å². The Bertz CT molecular complexity index is 883. The Kier molecular flexibility index (Phi) is 6.26. The van der Waals surface area contributed by atoms with Gasteiger partial charge in [-0.25, -0.2) is 4.99 Å². The van der Waals surface area contributed by atoms with Gasteiger partial charge in [0.15, 0.2) is 0 Å². The second kappa shape index (κ2) is 8.84. The predicted octanol–water partition coefficient (Wildman–Crippen LogP) is 7.18. The van der Waals surface area contributed by atoms with Gasteiger partial charge in [-0.05, 0) is 48.7 Å². The molecule has 0 N–H and O–H groups in total. The standard InChI is InChI=1S/C22H18BrNS/c1-17-10-12-18(13-11-17)22(24-20-7-3-2-4-8-20)14-15-25-21-9-5-6-19(23)16-21/h2-16H,1H3. The summed E-state index contributed by atoms with van der Waals surface area (Å²) in [7, 11) is 0. The number of nitrogens with zero attached hydrogens (tertiary/aromatic N) is 1. The largest absolute Gasteiger partial charge is 0.248 e. The Morgan fingerprint density at radius 3 is 2.40 bits per heavy atom. The van der Waals surface area contributed by atoms with E-state index in [1.165, 1.54) is 10.5 Å². The van der Waals surface area contributed by atoms with E-state index in [1.807, 2.05) is 42.5 Å². The summed E-state index contributed by atoms with van der Waals surface area (Å²) in [5.74, 6) is 0. The first-order valence-electron chi connectivity index (χ1n) is 8.00. The monoisotopic (exact) mass is 407 g/mol. The van der Waals surface area contributed by atoms with Crippen molar-refractivity contribution in [2.75, 3.05) is 0 Å². The van der Waals surface area contributed by atoms with Gasteiger partial charge < -0.3 is 0 Å². The molecule has 25 heavy (non-hydrogen) atoms. The number of para-hydroxylation sites is 1. The van der Waals surface area contributed by atoms with Crippen LogP contribution >= 0.6 is 27.7 Å². The summed E-state index contributed by atoms with van der Waals surface area (Å²) in [6.07, 6.45) is 2.07. The molecule has 0 saturated carbocycles. The highest BCUT2D eigenvalue weighted by atomic mass is 79.9. The average molecular weight is 408 g/mol. The SMILES string of the molecule is Cc1ccc(C(C=CSc2cccc(Br)c2)=Nc2ccccc2)cc1. The van der Waals surface area contributed by atoms with Crippen molar-refractivity contribution in [1.82, 2.24) is 0 Å². The summed E-state index contributed by atoms with van der Waals surface area (Å²) in [6, 6.07) is 26.8. The molecule has 3 heteroatoms. The zero-order valence-electron chi connectivity index (χ0n) is 13.9. The molecule has 0 aliphatic rings. The summed E-state index contributed by atoms with van der Waals surface area (Å²) in [5, 5.41) is 2.09. The maximum absolute atomic E-state index is 4.81. The lowest BCUT2D eigenvalue weighted by molar-refractivity contribution is 1.44. The number of hydrogen-bond acceptors (Lipinski definition) is 2. The van der Waals surface area contributed by atoms with Crippen LogP contribution in [-0.4, -0.2) is 5.71 Å². The van der Waals surface area contributed by atoms with E-state index in [1.54, 1.807) is 11.8 Å².